The molecule has 0 spiro atoms. The molecule has 25 heavy (non-hydrogen) atoms. The fourth-order valence-corrected chi connectivity index (χ4v) is 3.12. The van der Waals surface area contributed by atoms with Crippen molar-refractivity contribution in [3.05, 3.63) is 41.7 Å². The highest BCUT2D eigenvalue weighted by Gasteiger charge is 2.25. The van der Waals surface area contributed by atoms with Crippen LogP contribution in [-0.2, 0) is 13.6 Å². The van der Waals surface area contributed by atoms with Gasteiger partial charge in [0.05, 0.1) is 19.0 Å². The van der Waals surface area contributed by atoms with E-state index in [4.69, 9.17) is 4.74 Å². The second-order valence-corrected chi connectivity index (χ2v) is 6.31. The van der Waals surface area contributed by atoms with Gasteiger partial charge in [0, 0.05) is 44.0 Å². The van der Waals surface area contributed by atoms with Crippen molar-refractivity contribution in [2.24, 2.45) is 7.05 Å². The van der Waals surface area contributed by atoms with Crippen molar-refractivity contribution < 1.29 is 9.53 Å². The number of methoxy groups -OCH3 is 1. The maximum atomic E-state index is 12.2. The summed E-state index contributed by atoms with van der Waals surface area (Å²) in [5, 5.41) is 10.1. The van der Waals surface area contributed by atoms with Crippen LogP contribution in [0.3, 0.4) is 0 Å². The summed E-state index contributed by atoms with van der Waals surface area (Å²) in [5.74, 6) is 0.861. The molecule has 1 fully saturated rings. The van der Waals surface area contributed by atoms with E-state index < -0.39 is 0 Å². The molecule has 1 atom stereocenters. The number of carbonyl (C=O) groups is 1. The van der Waals surface area contributed by atoms with Crippen LogP contribution in [-0.4, -0.2) is 42.1 Å². The molecule has 1 aliphatic rings. The van der Waals surface area contributed by atoms with Crippen LogP contribution in [0.15, 0.2) is 30.5 Å². The van der Waals surface area contributed by atoms with Crippen LogP contribution in [0.4, 0.5) is 10.5 Å². The Morgan fingerprint density at radius 2 is 2.20 bits per heavy atom. The number of hydrogen-bond acceptors (Lipinski definition) is 4. The first-order chi connectivity index (χ1) is 12.1. The number of benzene rings is 1. The molecule has 1 aromatic heterocycles. The number of aromatic nitrogens is 2. The summed E-state index contributed by atoms with van der Waals surface area (Å²) in [5.41, 5.74) is 3.16. The molecule has 3 rings (SSSR count). The highest BCUT2D eigenvalue weighted by molar-refractivity contribution is 5.74. The summed E-state index contributed by atoms with van der Waals surface area (Å²) in [6, 6.07) is 7.95. The number of urea groups is 1. The fourth-order valence-electron chi connectivity index (χ4n) is 3.12. The standard InChI is InChI=1S/C18H25N5O2/c1-13-14(11-20-22(13)2)10-19-18(24)21-15-8-9-23(12-15)16-6-4-5-7-17(16)25-3/h4-7,11,15H,8-10,12H2,1-3H3,(H2,19,21,24)/t15-/m0/s1. The molecule has 0 unspecified atom stereocenters. The molecule has 7 nitrogen and oxygen atoms in total. The van der Waals surface area contributed by atoms with Gasteiger partial charge in [0.2, 0.25) is 0 Å². The largest absolute Gasteiger partial charge is 0.495 e. The molecule has 2 aromatic rings. The van der Waals surface area contributed by atoms with E-state index in [1.807, 2.05) is 38.2 Å². The predicted octanol–water partition coefficient (Wildman–Crippen LogP) is 1.82. The molecular weight excluding hydrogens is 318 g/mol. The van der Waals surface area contributed by atoms with Gasteiger partial charge >= 0.3 is 6.03 Å². The van der Waals surface area contributed by atoms with Crippen molar-refractivity contribution in [1.29, 1.82) is 0 Å². The molecular formula is C18H25N5O2. The number of anilines is 1. The van der Waals surface area contributed by atoms with Gasteiger partial charge < -0.3 is 20.3 Å². The lowest BCUT2D eigenvalue weighted by Crippen LogP contribution is -2.43. The molecule has 1 saturated heterocycles. The smallest absolute Gasteiger partial charge is 0.315 e. The van der Waals surface area contributed by atoms with Crippen molar-refractivity contribution in [3.63, 3.8) is 0 Å². The van der Waals surface area contributed by atoms with Crippen LogP contribution >= 0.6 is 0 Å². The summed E-state index contributed by atoms with van der Waals surface area (Å²) in [7, 11) is 3.57. The summed E-state index contributed by atoms with van der Waals surface area (Å²) in [6.45, 7) is 4.14. The van der Waals surface area contributed by atoms with Crippen molar-refractivity contribution >= 4 is 11.7 Å². The van der Waals surface area contributed by atoms with Gasteiger partial charge in [-0.3, -0.25) is 4.68 Å². The van der Waals surface area contributed by atoms with Gasteiger partial charge in [0.15, 0.2) is 0 Å². The minimum absolute atomic E-state index is 0.125. The van der Waals surface area contributed by atoms with Crippen molar-refractivity contribution in [2.75, 3.05) is 25.1 Å². The zero-order valence-electron chi connectivity index (χ0n) is 15.0. The number of rotatable bonds is 5. The van der Waals surface area contributed by atoms with E-state index in [-0.39, 0.29) is 12.1 Å². The van der Waals surface area contributed by atoms with E-state index in [0.29, 0.717) is 6.54 Å². The first-order valence-corrected chi connectivity index (χ1v) is 8.48. The third kappa shape index (κ3) is 3.87. The Labute approximate surface area is 148 Å². The lowest BCUT2D eigenvalue weighted by atomic mass is 10.2. The van der Waals surface area contributed by atoms with E-state index in [1.165, 1.54) is 0 Å². The number of nitrogens with one attached hydrogen (secondary N) is 2. The van der Waals surface area contributed by atoms with Gasteiger partial charge in [0.1, 0.15) is 5.75 Å². The minimum atomic E-state index is -0.143. The molecule has 7 heteroatoms. The van der Waals surface area contributed by atoms with E-state index in [2.05, 4.69) is 20.6 Å². The number of nitrogens with zero attached hydrogens (tertiary/aromatic N) is 3. The average Bonchev–Trinajstić information content (AvgIpc) is 3.21. The summed E-state index contributed by atoms with van der Waals surface area (Å²) in [4.78, 5) is 14.4. The van der Waals surface area contributed by atoms with Gasteiger partial charge in [-0.15, -0.1) is 0 Å². The van der Waals surface area contributed by atoms with Gasteiger partial charge in [-0.25, -0.2) is 4.79 Å². The Kier molecular flexibility index (Phi) is 5.11. The number of hydrogen-bond donors (Lipinski definition) is 2. The Balaban J connectivity index is 1.51. The molecule has 0 bridgehead atoms. The van der Waals surface area contributed by atoms with Crippen molar-refractivity contribution in [3.8, 4) is 5.75 Å². The number of ether oxygens (including phenoxy) is 1. The molecule has 2 N–H and O–H groups in total. The molecule has 2 amide bonds. The van der Waals surface area contributed by atoms with Crippen LogP contribution < -0.4 is 20.3 Å². The SMILES string of the molecule is COc1ccccc1N1CC[C@H](NC(=O)NCc2cnn(C)c2C)C1. The zero-order valence-corrected chi connectivity index (χ0v) is 15.0. The van der Waals surface area contributed by atoms with E-state index in [9.17, 15) is 4.79 Å². The normalized spacial score (nSPS) is 16.8. The third-order valence-electron chi connectivity index (χ3n) is 4.73. The first-order valence-electron chi connectivity index (χ1n) is 8.48. The number of aryl methyl sites for hydroxylation is 1. The van der Waals surface area contributed by atoms with Crippen molar-refractivity contribution in [2.45, 2.75) is 25.9 Å². The second-order valence-electron chi connectivity index (χ2n) is 6.31. The quantitative estimate of drug-likeness (QED) is 0.869. The van der Waals surface area contributed by atoms with Crippen molar-refractivity contribution in [1.82, 2.24) is 20.4 Å². The van der Waals surface area contributed by atoms with Gasteiger partial charge in [-0.2, -0.15) is 5.10 Å². The minimum Gasteiger partial charge on any atom is -0.495 e. The summed E-state index contributed by atoms with van der Waals surface area (Å²) < 4.78 is 7.23. The monoisotopic (exact) mass is 343 g/mol. The highest BCUT2D eigenvalue weighted by atomic mass is 16.5. The molecule has 0 aliphatic carbocycles. The van der Waals surface area contributed by atoms with E-state index in [1.54, 1.807) is 18.0 Å². The average molecular weight is 343 g/mol. The lowest BCUT2D eigenvalue weighted by molar-refractivity contribution is 0.237. The maximum absolute atomic E-state index is 12.2. The van der Waals surface area contributed by atoms with E-state index >= 15 is 0 Å². The molecule has 1 aromatic carbocycles. The molecule has 0 saturated carbocycles. The topological polar surface area (TPSA) is 71.4 Å². The molecule has 134 valence electrons. The molecule has 1 aliphatic heterocycles. The molecule has 0 radical (unpaired) electrons. The van der Waals surface area contributed by atoms with Crippen LogP contribution in [0.1, 0.15) is 17.7 Å². The van der Waals surface area contributed by atoms with Crippen LogP contribution in [0.5, 0.6) is 5.75 Å². The Morgan fingerprint density at radius 3 is 2.92 bits per heavy atom. The number of amides is 2. The lowest BCUT2D eigenvalue weighted by Gasteiger charge is -2.21. The van der Waals surface area contributed by atoms with Gasteiger partial charge in [0.25, 0.3) is 0 Å². The number of para-hydroxylation sites is 2. The summed E-state index contributed by atoms with van der Waals surface area (Å²) in [6.07, 6.45) is 2.70. The zero-order chi connectivity index (χ0) is 17.8. The van der Waals surface area contributed by atoms with Crippen LogP contribution in [0.25, 0.3) is 0 Å². The maximum Gasteiger partial charge on any atom is 0.315 e. The number of carbonyl (C=O) groups excluding carboxylic acids is 1. The Morgan fingerprint density at radius 1 is 1.40 bits per heavy atom. The Hall–Kier alpha value is -2.70. The first kappa shape index (κ1) is 17.1. The third-order valence-corrected chi connectivity index (χ3v) is 4.73. The van der Waals surface area contributed by atoms with Crippen LogP contribution in [0.2, 0.25) is 0 Å². The predicted molar refractivity (Wildman–Crippen MR) is 96.9 cm³/mol. The van der Waals surface area contributed by atoms with Gasteiger partial charge in [-0.05, 0) is 25.5 Å². The van der Waals surface area contributed by atoms with E-state index in [0.717, 1.165) is 42.2 Å². The Bertz CT molecular complexity index is 743. The van der Waals surface area contributed by atoms with Crippen LogP contribution in [0, 0.1) is 6.92 Å². The highest BCUT2D eigenvalue weighted by Crippen LogP contribution is 2.30. The summed E-state index contributed by atoms with van der Waals surface area (Å²) >= 11 is 0. The molecule has 2 heterocycles. The fraction of sp³-hybridized carbons (Fsp3) is 0.444. The van der Waals surface area contributed by atoms with Gasteiger partial charge in [-0.1, -0.05) is 12.1 Å². The second kappa shape index (κ2) is 7.46.